The van der Waals surface area contributed by atoms with Gasteiger partial charge in [0.05, 0.1) is 11.4 Å². The highest BCUT2D eigenvalue weighted by Crippen LogP contribution is 2.39. The first kappa shape index (κ1) is 14.5. The molecular weight excluding hydrogens is 286 g/mol. The summed E-state index contributed by atoms with van der Waals surface area (Å²) in [5.41, 5.74) is 0.308. The molecule has 0 bridgehead atoms. The molecule has 0 radical (unpaired) electrons. The zero-order chi connectivity index (χ0) is 14.7. The predicted molar refractivity (Wildman–Crippen MR) is 71.4 cm³/mol. The zero-order valence-electron chi connectivity index (χ0n) is 10.8. The Morgan fingerprint density at radius 1 is 1.45 bits per heavy atom. The van der Waals surface area contributed by atoms with Crippen LogP contribution < -0.4 is 14.8 Å². The summed E-state index contributed by atoms with van der Waals surface area (Å²) in [6, 6.07) is 2.57. The van der Waals surface area contributed by atoms with Gasteiger partial charge in [-0.3, -0.25) is 9.59 Å². The van der Waals surface area contributed by atoms with E-state index in [2.05, 4.69) is 5.32 Å². The first-order valence-electron chi connectivity index (χ1n) is 6.13. The first-order chi connectivity index (χ1) is 9.51. The van der Waals surface area contributed by atoms with Crippen molar-refractivity contribution in [1.82, 2.24) is 5.32 Å². The fourth-order valence-corrected chi connectivity index (χ4v) is 2.14. The monoisotopic (exact) mass is 299 g/mol. The average Bonchev–Trinajstić information content (AvgIpc) is 2.86. The van der Waals surface area contributed by atoms with Crippen LogP contribution in [-0.2, 0) is 4.79 Å². The number of hydrogen-bond donors (Lipinski definition) is 2. The quantitative estimate of drug-likeness (QED) is 0.869. The molecule has 1 aliphatic rings. The molecule has 0 saturated heterocycles. The molecule has 6 nitrogen and oxygen atoms in total. The van der Waals surface area contributed by atoms with E-state index in [1.807, 2.05) is 0 Å². The molecular formula is C13H14ClNO5. The third kappa shape index (κ3) is 3.14. The van der Waals surface area contributed by atoms with Crippen LogP contribution in [-0.4, -0.2) is 29.8 Å². The largest absolute Gasteiger partial charge is 0.481 e. The fourth-order valence-electron chi connectivity index (χ4n) is 1.88. The molecule has 1 aromatic rings. The van der Waals surface area contributed by atoms with E-state index in [9.17, 15) is 9.59 Å². The molecule has 0 aromatic heterocycles. The summed E-state index contributed by atoms with van der Waals surface area (Å²) in [5.74, 6) is -0.520. The Hall–Kier alpha value is -1.95. The lowest BCUT2D eigenvalue weighted by Gasteiger charge is -2.15. The molecule has 1 unspecified atom stereocenters. The van der Waals surface area contributed by atoms with Gasteiger partial charge in [-0.1, -0.05) is 18.5 Å². The number of benzene rings is 1. The van der Waals surface area contributed by atoms with Gasteiger partial charge >= 0.3 is 5.97 Å². The molecule has 20 heavy (non-hydrogen) atoms. The molecule has 1 heterocycles. The minimum atomic E-state index is -0.958. The van der Waals surface area contributed by atoms with Crippen molar-refractivity contribution in [2.24, 2.45) is 0 Å². The van der Waals surface area contributed by atoms with Crippen LogP contribution in [0.15, 0.2) is 12.1 Å². The van der Waals surface area contributed by atoms with E-state index in [4.69, 9.17) is 26.2 Å². The smallest absolute Gasteiger partial charge is 0.305 e. The third-order valence-electron chi connectivity index (χ3n) is 2.94. The Kier molecular flexibility index (Phi) is 4.34. The maximum atomic E-state index is 12.1. The standard InChI is InChI=1S/C13H14ClNO5/c1-2-8(5-11(16)17)15-13(18)7-3-9(14)12-10(4-7)19-6-20-12/h3-4,8H,2,5-6H2,1H3,(H,15,18)(H,16,17). The van der Waals surface area contributed by atoms with Crippen molar-refractivity contribution in [2.45, 2.75) is 25.8 Å². The highest BCUT2D eigenvalue weighted by atomic mass is 35.5. The summed E-state index contributed by atoms with van der Waals surface area (Å²) < 4.78 is 10.3. The van der Waals surface area contributed by atoms with Gasteiger partial charge in [-0.05, 0) is 18.6 Å². The molecule has 0 fully saturated rings. The van der Waals surface area contributed by atoms with Gasteiger partial charge in [0.15, 0.2) is 11.5 Å². The zero-order valence-corrected chi connectivity index (χ0v) is 11.6. The number of carbonyl (C=O) groups excluding carboxylic acids is 1. The van der Waals surface area contributed by atoms with Gasteiger partial charge in [0.2, 0.25) is 6.79 Å². The van der Waals surface area contributed by atoms with Crippen LogP contribution in [0, 0.1) is 0 Å². The van der Waals surface area contributed by atoms with Gasteiger partial charge in [-0.25, -0.2) is 0 Å². The van der Waals surface area contributed by atoms with Crippen molar-refractivity contribution >= 4 is 23.5 Å². The molecule has 108 valence electrons. The van der Waals surface area contributed by atoms with Crippen LogP contribution in [0.5, 0.6) is 11.5 Å². The van der Waals surface area contributed by atoms with Crippen LogP contribution in [0.3, 0.4) is 0 Å². The molecule has 0 aliphatic carbocycles. The van der Waals surface area contributed by atoms with Crippen molar-refractivity contribution in [1.29, 1.82) is 0 Å². The Bertz CT molecular complexity index is 546. The molecule has 1 aromatic carbocycles. The van der Waals surface area contributed by atoms with E-state index in [1.165, 1.54) is 12.1 Å². The van der Waals surface area contributed by atoms with Crippen LogP contribution >= 0.6 is 11.6 Å². The summed E-state index contributed by atoms with van der Waals surface area (Å²) in [6.07, 6.45) is 0.400. The number of amides is 1. The van der Waals surface area contributed by atoms with Gasteiger partial charge in [-0.15, -0.1) is 0 Å². The Balaban J connectivity index is 2.13. The molecule has 2 rings (SSSR count). The van der Waals surface area contributed by atoms with Crippen molar-refractivity contribution in [3.05, 3.63) is 22.7 Å². The van der Waals surface area contributed by atoms with Crippen LogP contribution in [0.4, 0.5) is 0 Å². The maximum Gasteiger partial charge on any atom is 0.305 e. The Morgan fingerprint density at radius 3 is 2.85 bits per heavy atom. The lowest BCUT2D eigenvalue weighted by Crippen LogP contribution is -2.36. The molecule has 0 spiro atoms. The Labute approximate surface area is 120 Å². The first-order valence-corrected chi connectivity index (χ1v) is 6.50. The number of rotatable bonds is 5. The lowest BCUT2D eigenvalue weighted by atomic mass is 10.1. The van der Waals surface area contributed by atoms with Gasteiger partial charge in [0.1, 0.15) is 0 Å². The molecule has 1 amide bonds. The summed E-state index contributed by atoms with van der Waals surface area (Å²) >= 11 is 5.99. The Morgan fingerprint density at radius 2 is 2.20 bits per heavy atom. The van der Waals surface area contributed by atoms with E-state index in [-0.39, 0.29) is 18.2 Å². The second-order valence-corrected chi connectivity index (χ2v) is 4.78. The molecule has 1 aliphatic heterocycles. The number of fused-ring (bicyclic) bond motifs is 1. The number of nitrogens with one attached hydrogen (secondary N) is 1. The number of halogens is 1. The number of aliphatic carboxylic acids is 1. The summed E-state index contributed by atoms with van der Waals surface area (Å²) in [4.78, 5) is 22.8. The van der Waals surface area contributed by atoms with E-state index < -0.39 is 17.9 Å². The molecule has 2 N–H and O–H groups in total. The van der Waals surface area contributed by atoms with E-state index in [1.54, 1.807) is 6.92 Å². The number of carboxylic acids is 1. The maximum absolute atomic E-state index is 12.1. The minimum absolute atomic E-state index is 0.0662. The van der Waals surface area contributed by atoms with E-state index in [0.29, 0.717) is 23.5 Å². The number of carbonyl (C=O) groups is 2. The minimum Gasteiger partial charge on any atom is -0.481 e. The summed E-state index contributed by atoms with van der Waals surface area (Å²) in [5, 5.41) is 11.7. The summed E-state index contributed by atoms with van der Waals surface area (Å²) in [7, 11) is 0. The van der Waals surface area contributed by atoms with Gasteiger partial charge in [-0.2, -0.15) is 0 Å². The van der Waals surface area contributed by atoms with Crippen molar-refractivity contribution in [3.8, 4) is 11.5 Å². The van der Waals surface area contributed by atoms with E-state index in [0.717, 1.165) is 0 Å². The van der Waals surface area contributed by atoms with Crippen molar-refractivity contribution in [3.63, 3.8) is 0 Å². The highest BCUT2D eigenvalue weighted by molar-refractivity contribution is 6.32. The van der Waals surface area contributed by atoms with Crippen molar-refractivity contribution in [2.75, 3.05) is 6.79 Å². The van der Waals surface area contributed by atoms with Crippen LogP contribution in [0.1, 0.15) is 30.1 Å². The predicted octanol–water partition coefficient (Wildman–Crippen LogP) is 2.05. The van der Waals surface area contributed by atoms with Gasteiger partial charge < -0.3 is 19.9 Å². The molecule has 0 saturated carbocycles. The van der Waals surface area contributed by atoms with Crippen LogP contribution in [0.2, 0.25) is 5.02 Å². The summed E-state index contributed by atoms with van der Waals surface area (Å²) in [6.45, 7) is 1.87. The number of hydrogen-bond acceptors (Lipinski definition) is 4. The normalized spacial score (nSPS) is 13.9. The topological polar surface area (TPSA) is 84.9 Å². The van der Waals surface area contributed by atoms with Gasteiger partial charge in [0.25, 0.3) is 5.91 Å². The third-order valence-corrected chi connectivity index (χ3v) is 3.22. The average molecular weight is 300 g/mol. The second kappa shape index (κ2) is 6.00. The van der Waals surface area contributed by atoms with Crippen LogP contribution in [0.25, 0.3) is 0 Å². The fraction of sp³-hybridized carbons (Fsp3) is 0.385. The van der Waals surface area contributed by atoms with E-state index >= 15 is 0 Å². The SMILES string of the molecule is CCC(CC(=O)O)NC(=O)c1cc(Cl)c2c(c1)OCO2. The number of ether oxygens (including phenoxy) is 2. The lowest BCUT2D eigenvalue weighted by molar-refractivity contribution is -0.137. The second-order valence-electron chi connectivity index (χ2n) is 4.37. The van der Waals surface area contributed by atoms with Gasteiger partial charge in [0, 0.05) is 11.6 Å². The molecule has 7 heteroatoms. The molecule has 1 atom stereocenters. The van der Waals surface area contributed by atoms with Crippen molar-refractivity contribution < 1.29 is 24.2 Å². The highest BCUT2D eigenvalue weighted by Gasteiger charge is 2.22. The number of carboxylic acid groups (broad SMARTS) is 1.